The van der Waals surface area contributed by atoms with Crippen LogP contribution in [0.1, 0.15) is 65.1 Å². The summed E-state index contributed by atoms with van der Waals surface area (Å²) in [4.78, 5) is 19.2. The van der Waals surface area contributed by atoms with Crippen LogP contribution in [0, 0.1) is 17.2 Å². The second-order valence-electron chi connectivity index (χ2n) is 11.0. The molecule has 1 fully saturated rings. The smallest absolute Gasteiger partial charge is 0.228 e. The minimum absolute atomic E-state index is 0.0202. The molecule has 1 aromatic heterocycles. The van der Waals surface area contributed by atoms with Crippen LogP contribution in [0.5, 0.6) is 0 Å². The van der Waals surface area contributed by atoms with Crippen molar-refractivity contribution in [2.45, 2.75) is 84.0 Å². The van der Waals surface area contributed by atoms with Gasteiger partial charge in [0.2, 0.25) is 20.9 Å². The van der Waals surface area contributed by atoms with Gasteiger partial charge in [0.25, 0.3) is 0 Å². The van der Waals surface area contributed by atoms with E-state index in [2.05, 4.69) is 4.98 Å². The third kappa shape index (κ3) is 7.61. The molecule has 9 heteroatoms. The van der Waals surface area contributed by atoms with Crippen molar-refractivity contribution in [3.05, 3.63) is 47.5 Å². The molecular formula is C26H38FN3O4S. The number of hydrogen-bond acceptors (Lipinski definition) is 5. The van der Waals surface area contributed by atoms with Gasteiger partial charge in [-0.25, -0.2) is 17.8 Å². The lowest BCUT2D eigenvalue weighted by Gasteiger charge is -2.29. The summed E-state index contributed by atoms with van der Waals surface area (Å²) in [6, 6.07) is 5.86. The van der Waals surface area contributed by atoms with Gasteiger partial charge in [0.1, 0.15) is 5.82 Å². The Morgan fingerprint density at radius 2 is 2.00 bits per heavy atom. The molecule has 1 amide bonds. The van der Waals surface area contributed by atoms with Crippen LogP contribution in [0.15, 0.2) is 35.6 Å². The number of rotatable bonds is 10. The highest BCUT2D eigenvalue weighted by Gasteiger charge is 2.29. The van der Waals surface area contributed by atoms with Gasteiger partial charge in [0, 0.05) is 25.1 Å². The number of imidazole rings is 1. The summed E-state index contributed by atoms with van der Waals surface area (Å²) in [5.74, 6) is -0.783. The largest absolute Gasteiger partial charge is 0.376 e. The molecule has 0 N–H and O–H groups in total. The van der Waals surface area contributed by atoms with E-state index in [0.717, 1.165) is 12.8 Å². The van der Waals surface area contributed by atoms with E-state index in [-0.39, 0.29) is 40.6 Å². The normalized spacial score (nSPS) is 16.7. The summed E-state index contributed by atoms with van der Waals surface area (Å²) >= 11 is 0. The predicted octanol–water partition coefficient (Wildman–Crippen LogP) is 4.60. The molecule has 0 radical (unpaired) electrons. The van der Waals surface area contributed by atoms with Gasteiger partial charge in [0.05, 0.1) is 36.8 Å². The number of nitrogens with zero attached hydrogens (tertiary/aromatic N) is 3. The lowest BCUT2D eigenvalue weighted by Crippen LogP contribution is -2.36. The molecule has 1 aliphatic rings. The van der Waals surface area contributed by atoms with E-state index in [4.69, 9.17) is 4.74 Å². The summed E-state index contributed by atoms with van der Waals surface area (Å²) < 4.78 is 48.4. The summed E-state index contributed by atoms with van der Waals surface area (Å²) in [6.45, 7) is 11.9. The first-order valence-corrected chi connectivity index (χ1v) is 13.9. The van der Waals surface area contributed by atoms with Gasteiger partial charge >= 0.3 is 0 Å². The van der Waals surface area contributed by atoms with Crippen molar-refractivity contribution >= 4 is 15.7 Å². The van der Waals surface area contributed by atoms with Crippen molar-refractivity contribution in [2.24, 2.45) is 11.3 Å². The fraction of sp³-hybridized carbons (Fsp3) is 0.615. The number of benzene rings is 1. The Bertz CT molecular complexity index is 1120. The van der Waals surface area contributed by atoms with E-state index in [1.165, 1.54) is 24.4 Å². The first-order chi connectivity index (χ1) is 16.4. The second-order valence-corrected chi connectivity index (χ2v) is 12.9. The molecule has 3 rings (SSSR count). The van der Waals surface area contributed by atoms with Crippen LogP contribution in [-0.2, 0) is 38.2 Å². The van der Waals surface area contributed by atoms with E-state index in [1.54, 1.807) is 15.5 Å². The number of sulfone groups is 1. The van der Waals surface area contributed by atoms with E-state index in [0.29, 0.717) is 31.8 Å². The maximum absolute atomic E-state index is 14.2. The minimum atomic E-state index is -3.94. The monoisotopic (exact) mass is 507 g/mol. The fourth-order valence-corrected chi connectivity index (χ4v) is 5.81. The fourth-order valence-electron chi connectivity index (χ4n) is 4.29. The Morgan fingerprint density at radius 3 is 2.60 bits per heavy atom. The maximum atomic E-state index is 14.2. The third-order valence-electron chi connectivity index (χ3n) is 5.87. The standard InChI is InChI=1S/C26H38FN3O4S/c1-19(2)15-29(24(31)13-26(3,4)5)16-21-14-28-25(30(21)17-22-10-8-12-34-22)35(32,33)18-20-9-6-7-11-23(20)27/h6-7,9,11,14,19,22H,8,10,12-13,15-18H2,1-5H3. The maximum Gasteiger partial charge on any atom is 0.228 e. The highest BCUT2D eigenvalue weighted by molar-refractivity contribution is 7.90. The van der Waals surface area contributed by atoms with Crippen LogP contribution in [0.2, 0.25) is 0 Å². The van der Waals surface area contributed by atoms with E-state index < -0.39 is 21.4 Å². The molecule has 1 aliphatic heterocycles. The molecule has 1 atom stereocenters. The molecule has 0 spiro atoms. The molecule has 2 aromatic rings. The number of aromatic nitrogens is 2. The van der Waals surface area contributed by atoms with Crippen LogP contribution in [-0.4, -0.2) is 48.0 Å². The molecule has 0 saturated carbocycles. The second kappa shape index (κ2) is 11.2. The Kier molecular flexibility index (Phi) is 8.75. The summed E-state index contributed by atoms with van der Waals surface area (Å²) in [5, 5.41) is -0.112. The molecule has 0 aliphatic carbocycles. The number of halogens is 1. The Labute approximate surface area is 208 Å². The number of carbonyl (C=O) groups is 1. The van der Waals surface area contributed by atoms with Crippen molar-refractivity contribution in [3.8, 4) is 0 Å². The Balaban J connectivity index is 1.96. The van der Waals surface area contributed by atoms with Gasteiger partial charge in [-0.05, 0) is 30.2 Å². The Morgan fingerprint density at radius 1 is 1.29 bits per heavy atom. The number of amides is 1. The predicted molar refractivity (Wildman–Crippen MR) is 133 cm³/mol. The van der Waals surface area contributed by atoms with Crippen LogP contribution in [0.3, 0.4) is 0 Å². The first kappa shape index (κ1) is 27.3. The summed E-state index contributed by atoms with van der Waals surface area (Å²) in [6.07, 6.45) is 3.52. The topological polar surface area (TPSA) is 81.5 Å². The molecule has 2 heterocycles. The Hall–Kier alpha value is -2.26. The lowest BCUT2D eigenvalue weighted by molar-refractivity contribution is -0.134. The van der Waals surface area contributed by atoms with Crippen LogP contribution >= 0.6 is 0 Å². The molecule has 1 aromatic carbocycles. The van der Waals surface area contributed by atoms with Gasteiger partial charge in [-0.2, -0.15) is 0 Å². The quantitative estimate of drug-likeness (QED) is 0.470. The summed E-state index contributed by atoms with van der Waals surface area (Å²) in [5.41, 5.74) is 0.566. The van der Waals surface area contributed by atoms with E-state index in [9.17, 15) is 17.6 Å². The SMILES string of the molecule is CC(C)CN(Cc1cnc(S(=O)(=O)Cc2ccccc2F)n1CC1CCCO1)C(=O)CC(C)(C)C. The van der Waals surface area contributed by atoms with Crippen LogP contribution in [0.4, 0.5) is 4.39 Å². The molecule has 0 bridgehead atoms. The molecule has 35 heavy (non-hydrogen) atoms. The number of ether oxygens (including phenoxy) is 1. The number of hydrogen-bond donors (Lipinski definition) is 0. The highest BCUT2D eigenvalue weighted by Crippen LogP contribution is 2.25. The van der Waals surface area contributed by atoms with Gasteiger partial charge < -0.3 is 14.2 Å². The molecule has 1 saturated heterocycles. The van der Waals surface area contributed by atoms with Gasteiger partial charge in [-0.1, -0.05) is 52.8 Å². The zero-order chi connectivity index (χ0) is 25.8. The number of carbonyl (C=O) groups excluding carboxylic acids is 1. The summed E-state index contributed by atoms with van der Waals surface area (Å²) in [7, 11) is -3.94. The average molecular weight is 508 g/mol. The highest BCUT2D eigenvalue weighted by atomic mass is 32.2. The van der Waals surface area contributed by atoms with Crippen molar-refractivity contribution in [1.29, 1.82) is 0 Å². The molecule has 1 unspecified atom stereocenters. The molecule has 194 valence electrons. The van der Waals surface area contributed by atoms with Crippen LogP contribution < -0.4 is 0 Å². The lowest BCUT2D eigenvalue weighted by atomic mass is 9.91. The van der Waals surface area contributed by atoms with Crippen molar-refractivity contribution in [2.75, 3.05) is 13.2 Å². The zero-order valence-electron chi connectivity index (χ0n) is 21.5. The average Bonchev–Trinajstić information content (AvgIpc) is 3.38. The molecular weight excluding hydrogens is 469 g/mol. The first-order valence-electron chi connectivity index (χ1n) is 12.3. The van der Waals surface area contributed by atoms with Crippen molar-refractivity contribution < 1.29 is 22.3 Å². The van der Waals surface area contributed by atoms with Gasteiger partial charge in [-0.15, -0.1) is 0 Å². The van der Waals surface area contributed by atoms with Gasteiger partial charge in [-0.3, -0.25) is 4.79 Å². The van der Waals surface area contributed by atoms with E-state index in [1.807, 2.05) is 34.6 Å². The zero-order valence-corrected chi connectivity index (χ0v) is 22.3. The van der Waals surface area contributed by atoms with Crippen molar-refractivity contribution in [1.82, 2.24) is 14.5 Å². The minimum Gasteiger partial charge on any atom is -0.376 e. The van der Waals surface area contributed by atoms with E-state index >= 15 is 0 Å². The molecule has 7 nitrogen and oxygen atoms in total. The van der Waals surface area contributed by atoms with Crippen LogP contribution in [0.25, 0.3) is 0 Å². The van der Waals surface area contributed by atoms with Crippen molar-refractivity contribution in [3.63, 3.8) is 0 Å². The van der Waals surface area contributed by atoms with Gasteiger partial charge in [0.15, 0.2) is 0 Å². The third-order valence-corrected chi connectivity index (χ3v) is 7.44.